The second-order valence-electron chi connectivity index (χ2n) is 3.74. The van der Waals surface area contributed by atoms with E-state index in [4.69, 9.17) is 0 Å². The largest absolute Gasteiger partial charge is 0.508 e. The Morgan fingerprint density at radius 1 is 1.13 bits per heavy atom. The summed E-state index contributed by atoms with van der Waals surface area (Å²) in [5.41, 5.74) is 0.932. The summed E-state index contributed by atoms with van der Waals surface area (Å²) in [4.78, 5) is 1.65. The van der Waals surface area contributed by atoms with Crippen molar-refractivity contribution in [2.75, 3.05) is 0 Å². The van der Waals surface area contributed by atoms with Gasteiger partial charge in [-0.3, -0.25) is 0 Å². The second kappa shape index (κ2) is 6.33. The number of rotatable bonds is 5. The van der Waals surface area contributed by atoms with Gasteiger partial charge in [-0.05, 0) is 25.0 Å². The highest BCUT2D eigenvalue weighted by atomic mass is 32.1. The van der Waals surface area contributed by atoms with Crippen LogP contribution in [0.5, 0.6) is 5.75 Å². The number of benzene rings is 1. The summed E-state index contributed by atoms with van der Waals surface area (Å²) in [6, 6.07) is 3.47. The van der Waals surface area contributed by atoms with Gasteiger partial charge in [0, 0.05) is 15.4 Å². The van der Waals surface area contributed by atoms with E-state index in [0.29, 0.717) is 5.75 Å². The van der Waals surface area contributed by atoms with E-state index in [0.717, 1.165) is 28.2 Å². The van der Waals surface area contributed by atoms with Gasteiger partial charge in [-0.25, -0.2) is 0 Å². The van der Waals surface area contributed by atoms with Gasteiger partial charge in [-0.15, -0.1) is 25.3 Å². The van der Waals surface area contributed by atoms with Crippen LogP contribution in [0.25, 0.3) is 0 Å². The molecule has 0 aliphatic heterocycles. The van der Waals surface area contributed by atoms with Gasteiger partial charge in [-0.2, -0.15) is 0 Å². The summed E-state index contributed by atoms with van der Waals surface area (Å²) < 4.78 is 0. The quantitative estimate of drug-likeness (QED) is 0.525. The fraction of sp³-hybridized carbons (Fsp3) is 0.500. The first-order valence-corrected chi connectivity index (χ1v) is 6.29. The molecule has 15 heavy (non-hydrogen) atoms. The lowest BCUT2D eigenvalue weighted by Crippen LogP contribution is -1.90. The SMILES string of the molecule is CCCCCCc1c(O)ccc(S)c1S. The topological polar surface area (TPSA) is 20.2 Å². The Hall–Kier alpha value is -0.280. The molecule has 84 valence electrons. The van der Waals surface area contributed by atoms with Crippen LogP contribution in [0.3, 0.4) is 0 Å². The third-order valence-electron chi connectivity index (χ3n) is 2.52. The van der Waals surface area contributed by atoms with Gasteiger partial charge < -0.3 is 5.11 Å². The minimum Gasteiger partial charge on any atom is -0.508 e. The smallest absolute Gasteiger partial charge is 0.119 e. The van der Waals surface area contributed by atoms with E-state index >= 15 is 0 Å². The number of hydrogen-bond donors (Lipinski definition) is 3. The maximum Gasteiger partial charge on any atom is 0.119 e. The van der Waals surface area contributed by atoms with Gasteiger partial charge in [0.2, 0.25) is 0 Å². The van der Waals surface area contributed by atoms with Crippen molar-refractivity contribution in [2.45, 2.75) is 48.8 Å². The molecule has 0 saturated heterocycles. The molecule has 0 amide bonds. The van der Waals surface area contributed by atoms with Crippen molar-refractivity contribution in [3.8, 4) is 5.75 Å². The van der Waals surface area contributed by atoms with Gasteiger partial charge in [0.05, 0.1) is 0 Å². The molecule has 3 heteroatoms. The maximum absolute atomic E-state index is 9.69. The molecule has 0 aliphatic carbocycles. The molecule has 0 atom stereocenters. The molecule has 1 N–H and O–H groups in total. The molecular formula is C12H18OS2. The Labute approximate surface area is 103 Å². The predicted molar refractivity (Wildman–Crippen MR) is 70.5 cm³/mol. The second-order valence-corrected chi connectivity index (χ2v) is 4.67. The van der Waals surface area contributed by atoms with E-state index in [1.807, 2.05) is 0 Å². The summed E-state index contributed by atoms with van der Waals surface area (Å²) in [6.45, 7) is 2.19. The van der Waals surface area contributed by atoms with Crippen LogP contribution in [0.1, 0.15) is 38.2 Å². The Kier molecular flexibility index (Phi) is 5.40. The van der Waals surface area contributed by atoms with Gasteiger partial charge >= 0.3 is 0 Å². The lowest BCUT2D eigenvalue weighted by molar-refractivity contribution is 0.462. The van der Waals surface area contributed by atoms with Gasteiger partial charge in [0.25, 0.3) is 0 Å². The van der Waals surface area contributed by atoms with Crippen molar-refractivity contribution in [2.24, 2.45) is 0 Å². The van der Waals surface area contributed by atoms with E-state index in [-0.39, 0.29) is 0 Å². The molecule has 0 bridgehead atoms. The molecule has 1 aromatic rings. The zero-order valence-electron chi connectivity index (χ0n) is 9.03. The first-order valence-electron chi connectivity index (χ1n) is 5.39. The lowest BCUT2D eigenvalue weighted by Gasteiger charge is -2.09. The zero-order valence-corrected chi connectivity index (χ0v) is 10.8. The van der Waals surface area contributed by atoms with Crippen molar-refractivity contribution in [3.63, 3.8) is 0 Å². The average molecular weight is 242 g/mol. The summed E-state index contributed by atoms with van der Waals surface area (Å²) in [6.07, 6.45) is 5.68. The van der Waals surface area contributed by atoms with Crippen LogP contribution in [0, 0.1) is 0 Å². The molecule has 0 saturated carbocycles. The Morgan fingerprint density at radius 2 is 1.87 bits per heavy atom. The van der Waals surface area contributed by atoms with Crippen LogP contribution in [-0.4, -0.2) is 5.11 Å². The molecule has 0 aromatic heterocycles. The summed E-state index contributed by atoms with van der Waals surface area (Å²) in [5, 5.41) is 9.69. The van der Waals surface area contributed by atoms with E-state index in [1.165, 1.54) is 19.3 Å². The molecule has 0 radical (unpaired) electrons. The number of phenolic OH excluding ortho intramolecular Hbond substituents is 1. The maximum atomic E-state index is 9.69. The number of phenols is 1. The molecule has 0 unspecified atom stereocenters. The predicted octanol–water partition coefficient (Wildman–Crippen LogP) is 4.09. The van der Waals surface area contributed by atoms with Crippen LogP contribution >= 0.6 is 25.3 Å². The van der Waals surface area contributed by atoms with Crippen molar-refractivity contribution in [1.29, 1.82) is 0 Å². The molecule has 0 spiro atoms. The van der Waals surface area contributed by atoms with Crippen molar-refractivity contribution in [1.82, 2.24) is 0 Å². The van der Waals surface area contributed by atoms with Crippen LogP contribution in [0.15, 0.2) is 21.9 Å². The highest BCUT2D eigenvalue weighted by molar-refractivity contribution is 7.83. The van der Waals surface area contributed by atoms with E-state index < -0.39 is 0 Å². The van der Waals surface area contributed by atoms with Crippen molar-refractivity contribution >= 4 is 25.3 Å². The highest BCUT2D eigenvalue weighted by Crippen LogP contribution is 2.31. The van der Waals surface area contributed by atoms with Crippen molar-refractivity contribution < 1.29 is 5.11 Å². The first kappa shape index (κ1) is 12.8. The van der Waals surface area contributed by atoms with Crippen molar-refractivity contribution in [3.05, 3.63) is 17.7 Å². The van der Waals surface area contributed by atoms with Crippen LogP contribution in [0.2, 0.25) is 0 Å². The van der Waals surface area contributed by atoms with E-state index in [1.54, 1.807) is 12.1 Å². The first-order chi connectivity index (χ1) is 7.16. The molecular weight excluding hydrogens is 224 g/mol. The van der Waals surface area contributed by atoms with Crippen LogP contribution in [-0.2, 0) is 6.42 Å². The number of unbranched alkanes of at least 4 members (excludes halogenated alkanes) is 3. The fourth-order valence-electron chi connectivity index (χ4n) is 1.59. The van der Waals surface area contributed by atoms with Gasteiger partial charge in [0.15, 0.2) is 0 Å². The number of thiol groups is 2. The minimum absolute atomic E-state index is 0.342. The van der Waals surface area contributed by atoms with Crippen LogP contribution < -0.4 is 0 Å². The van der Waals surface area contributed by atoms with Crippen LogP contribution in [0.4, 0.5) is 0 Å². The third kappa shape index (κ3) is 3.65. The standard InChI is InChI=1S/C12H18OS2/c1-2-3-4-5-6-9-10(13)7-8-11(14)12(9)15/h7-8,13-15H,2-6H2,1H3. The molecule has 0 aliphatic rings. The molecule has 1 aromatic carbocycles. The lowest BCUT2D eigenvalue weighted by atomic mass is 10.1. The summed E-state index contributed by atoms with van der Waals surface area (Å²) >= 11 is 8.66. The molecule has 1 rings (SSSR count). The molecule has 1 nitrogen and oxygen atoms in total. The Bertz CT molecular complexity index is 324. The molecule has 0 fully saturated rings. The number of aromatic hydroxyl groups is 1. The Morgan fingerprint density at radius 3 is 2.53 bits per heavy atom. The monoisotopic (exact) mass is 242 g/mol. The average Bonchev–Trinajstić information content (AvgIpc) is 2.23. The normalized spacial score (nSPS) is 10.6. The van der Waals surface area contributed by atoms with Gasteiger partial charge in [0.1, 0.15) is 5.75 Å². The summed E-state index contributed by atoms with van der Waals surface area (Å²) in [5.74, 6) is 0.342. The van der Waals surface area contributed by atoms with E-state index in [9.17, 15) is 5.11 Å². The third-order valence-corrected chi connectivity index (χ3v) is 3.58. The molecule has 0 heterocycles. The van der Waals surface area contributed by atoms with E-state index in [2.05, 4.69) is 32.2 Å². The van der Waals surface area contributed by atoms with Gasteiger partial charge in [-0.1, -0.05) is 26.2 Å². The highest BCUT2D eigenvalue weighted by Gasteiger charge is 2.07. The summed E-state index contributed by atoms with van der Waals surface area (Å²) in [7, 11) is 0. The minimum atomic E-state index is 0.342. The Balaban J connectivity index is 2.63. The zero-order chi connectivity index (χ0) is 11.3. The number of hydrogen-bond acceptors (Lipinski definition) is 3. The fourth-order valence-corrected chi connectivity index (χ4v) is 2.10.